The lowest BCUT2D eigenvalue weighted by Gasteiger charge is -2.15. The molecule has 0 amide bonds. The smallest absolute Gasteiger partial charge is 0.227 e. The number of hydrogen-bond acceptors (Lipinski definition) is 8. The van der Waals surface area contributed by atoms with Crippen molar-refractivity contribution >= 4 is 5.95 Å². The van der Waals surface area contributed by atoms with Crippen LogP contribution in [0.4, 0.5) is 5.95 Å². The van der Waals surface area contributed by atoms with Crippen LogP contribution < -0.4 is 27.9 Å². The van der Waals surface area contributed by atoms with Gasteiger partial charge in [-0.05, 0) is 0 Å². The first kappa shape index (κ1) is 8.74. The Morgan fingerprint density at radius 1 is 1.17 bits per heavy atom. The molecule has 0 saturated heterocycles. The summed E-state index contributed by atoms with van der Waals surface area (Å²) in [6.07, 6.45) is 2.24. The van der Waals surface area contributed by atoms with Crippen molar-refractivity contribution in [2.45, 2.75) is 6.29 Å². The van der Waals surface area contributed by atoms with Gasteiger partial charge >= 0.3 is 0 Å². The molecule has 0 aromatic carbocycles. The molecule has 0 saturated carbocycles. The summed E-state index contributed by atoms with van der Waals surface area (Å²) >= 11 is 0. The topological polar surface area (TPSA) is 127 Å². The minimum absolute atomic E-state index is 0.380. The SMILES string of the molecule is NNC(NN)Nc1ncncn1. The normalized spacial score (nSPS) is 10.2. The van der Waals surface area contributed by atoms with E-state index in [2.05, 4.69) is 31.1 Å². The van der Waals surface area contributed by atoms with Crippen molar-refractivity contribution in [1.82, 2.24) is 25.8 Å². The third kappa shape index (κ3) is 2.36. The Hall–Kier alpha value is -1.35. The van der Waals surface area contributed by atoms with Crippen LogP contribution in [0.1, 0.15) is 0 Å². The van der Waals surface area contributed by atoms with E-state index in [4.69, 9.17) is 11.7 Å². The van der Waals surface area contributed by atoms with E-state index in [1.165, 1.54) is 12.7 Å². The maximum Gasteiger partial charge on any atom is 0.227 e. The van der Waals surface area contributed by atoms with Gasteiger partial charge in [-0.2, -0.15) is 0 Å². The van der Waals surface area contributed by atoms with Crippen LogP contribution in [0.25, 0.3) is 0 Å². The second kappa shape index (κ2) is 4.51. The number of nitrogens with two attached hydrogens (primary N) is 2. The van der Waals surface area contributed by atoms with Crippen LogP contribution in [-0.2, 0) is 0 Å². The second-order valence-electron chi connectivity index (χ2n) is 1.87. The van der Waals surface area contributed by atoms with Gasteiger partial charge in [-0.1, -0.05) is 0 Å². The zero-order chi connectivity index (χ0) is 8.81. The molecule has 1 heterocycles. The Balaban J connectivity index is 2.51. The zero-order valence-corrected chi connectivity index (χ0v) is 6.23. The summed E-state index contributed by atoms with van der Waals surface area (Å²) < 4.78 is 0. The Morgan fingerprint density at radius 2 is 1.75 bits per heavy atom. The van der Waals surface area contributed by atoms with Crippen molar-refractivity contribution < 1.29 is 0 Å². The molecule has 0 fully saturated rings. The van der Waals surface area contributed by atoms with Crippen LogP contribution in [0, 0.1) is 0 Å². The first-order valence-electron chi connectivity index (χ1n) is 3.17. The molecule has 1 aromatic heterocycles. The van der Waals surface area contributed by atoms with Gasteiger partial charge < -0.3 is 5.32 Å². The molecule has 8 nitrogen and oxygen atoms in total. The number of rotatable bonds is 4. The lowest BCUT2D eigenvalue weighted by atomic mass is 10.8. The lowest BCUT2D eigenvalue weighted by Crippen LogP contribution is -2.54. The van der Waals surface area contributed by atoms with E-state index in [-0.39, 0.29) is 0 Å². The Labute approximate surface area is 68.7 Å². The molecular formula is C4H10N8. The molecule has 0 unspecified atom stereocenters. The number of aromatic nitrogens is 3. The predicted octanol–water partition coefficient (Wildman–Crippen LogP) is -2.51. The monoisotopic (exact) mass is 170 g/mol. The molecule has 0 bridgehead atoms. The molecule has 7 N–H and O–H groups in total. The first-order valence-corrected chi connectivity index (χ1v) is 3.17. The first-order chi connectivity index (χ1) is 5.86. The third-order valence-electron chi connectivity index (χ3n) is 1.10. The summed E-state index contributed by atoms with van der Waals surface area (Å²) in [7, 11) is 0. The minimum Gasteiger partial charge on any atom is -0.324 e. The number of nitrogens with zero attached hydrogens (tertiary/aromatic N) is 3. The molecule has 1 aromatic rings. The number of hydrogen-bond donors (Lipinski definition) is 5. The molecule has 8 heteroatoms. The highest BCUT2D eigenvalue weighted by Gasteiger charge is 2.02. The van der Waals surface area contributed by atoms with Crippen molar-refractivity contribution in [2.24, 2.45) is 11.7 Å². The second-order valence-corrected chi connectivity index (χ2v) is 1.87. The van der Waals surface area contributed by atoms with E-state index in [1.807, 2.05) is 0 Å². The largest absolute Gasteiger partial charge is 0.324 e. The van der Waals surface area contributed by atoms with Gasteiger partial charge in [-0.3, -0.25) is 11.7 Å². The summed E-state index contributed by atoms with van der Waals surface area (Å²) in [4.78, 5) is 11.2. The maximum atomic E-state index is 5.10. The summed E-state index contributed by atoms with van der Waals surface area (Å²) in [5.74, 6) is 10.6. The van der Waals surface area contributed by atoms with Gasteiger partial charge in [-0.15, -0.1) is 0 Å². The fraction of sp³-hybridized carbons (Fsp3) is 0.250. The lowest BCUT2D eigenvalue weighted by molar-refractivity contribution is 0.486. The predicted molar refractivity (Wildman–Crippen MR) is 41.9 cm³/mol. The third-order valence-corrected chi connectivity index (χ3v) is 1.10. The van der Waals surface area contributed by atoms with Gasteiger partial charge in [0, 0.05) is 0 Å². The van der Waals surface area contributed by atoms with Gasteiger partial charge in [-0.25, -0.2) is 25.8 Å². The van der Waals surface area contributed by atoms with Gasteiger partial charge in [0.25, 0.3) is 0 Å². The molecule has 0 aliphatic rings. The van der Waals surface area contributed by atoms with Crippen molar-refractivity contribution in [3.8, 4) is 0 Å². The van der Waals surface area contributed by atoms with Gasteiger partial charge in [0.2, 0.25) is 5.95 Å². The highest BCUT2D eigenvalue weighted by Crippen LogP contribution is 1.91. The quantitative estimate of drug-likeness (QED) is 0.190. The Kier molecular flexibility index (Phi) is 3.29. The fourth-order valence-corrected chi connectivity index (χ4v) is 0.574. The molecule has 1 rings (SSSR count). The van der Waals surface area contributed by atoms with Crippen LogP contribution in [0.15, 0.2) is 12.7 Å². The molecule has 0 aliphatic carbocycles. The summed E-state index contributed by atoms with van der Waals surface area (Å²) in [5, 5.41) is 2.74. The number of anilines is 1. The van der Waals surface area contributed by atoms with Crippen LogP contribution in [0.3, 0.4) is 0 Å². The summed E-state index contributed by atoms with van der Waals surface area (Å²) in [6.45, 7) is 0. The zero-order valence-electron chi connectivity index (χ0n) is 6.23. The molecule has 0 spiro atoms. The van der Waals surface area contributed by atoms with E-state index in [1.54, 1.807) is 0 Å². The van der Waals surface area contributed by atoms with Gasteiger partial charge in [0.05, 0.1) is 0 Å². The van der Waals surface area contributed by atoms with Crippen LogP contribution >= 0.6 is 0 Å². The van der Waals surface area contributed by atoms with Gasteiger partial charge in [0.1, 0.15) is 12.7 Å². The maximum absolute atomic E-state index is 5.10. The average molecular weight is 170 g/mol. The summed E-state index contributed by atoms with van der Waals surface area (Å²) in [5.41, 5.74) is 4.71. The highest BCUT2D eigenvalue weighted by atomic mass is 15.5. The average Bonchev–Trinajstić information content (AvgIpc) is 2.16. The fourth-order valence-electron chi connectivity index (χ4n) is 0.574. The Bertz CT molecular complexity index is 208. The molecule has 0 radical (unpaired) electrons. The van der Waals surface area contributed by atoms with Crippen LogP contribution in [0.5, 0.6) is 0 Å². The van der Waals surface area contributed by atoms with Crippen molar-refractivity contribution in [1.29, 1.82) is 0 Å². The molecule has 12 heavy (non-hydrogen) atoms. The molecule has 0 atom stereocenters. The van der Waals surface area contributed by atoms with Gasteiger partial charge in [0.15, 0.2) is 6.29 Å². The summed E-state index contributed by atoms with van der Waals surface area (Å²) in [6, 6.07) is 0. The molecular weight excluding hydrogens is 160 g/mol. The molecule has 0 aliphatic heterocycles. The van der Waals surface area contributed by atoms with Crippen LogP contribution in [0.2, 0.25) is 0 Å². The van der Waals surface area contributed by atoms with Crippen LogP contribution in [-0.4, -0.2) is 21.2 Å². The standard InChI is InChI=1S/C4H10N8/c5-11-4(12-6)10-3-8-1-7-2-9-3/h1-2,4,11-12H,5-6H2,(H,7,8,9,10). The number of hydrazine groups is 2. The molecule has 66 valence electrons. The van der Waals surface area contributed by atoms with E-state index in [0.717, 1.165) is 0 Å². The van der Waals surface area contributed by atoms with Crippen molar-refractivity contribution in [3.63, 3.8) is 0 Å². The minimum atomic E-state index is -0.479. The van der Waals surface area contributed by atoms with E-state index in [9.17, 15) is 0 Å². The van der Waals surface area contributed by atoms with E-state index >= 15 is 0 Å². The van der Waals surface area contributed by atoms with E-state index < -0.39 is 6.29 Å². The number of nitrogens with one attached hydrogen (secondary N) is 3. The highest BCUT2D eigenvalue weighted by molar-refractivity contribution is 5.21. The van der Waals surface area contributed by atoms with E-state index in [0.29, 0.717) is 5.95 Å². The Morgan fingerprint density at radius 3 is 2.25 bits per heavy atom. The van der Waals surface area contributed by atoms with Crippen molar-refractivity contribution in [3.05, 3.63) is 12.7 Å². The van der Waals surface area contributed by atoms with Crippen molar-refractivity contribution in [2.75, 3.05) is 5.32 Å².